The van der Waals surface area contributed by atoms with Crippen LogP contribution in [-0.2, 0) is 32.7 Å². The molecule has 0 bridgehead atoms. The molecular weight excluding hydrogens is 765 g/mol. The monoisotopic (exact) mass is 853 g/mol. The summed E-state index contributed by atoms with van der Waals surface area (Å²) in [5, 5.41) is 9.89. The van der Waals surface area contributed by atoms with Gasteiger partial charge in [-0.1, -0.05) is 152 Å². The lowest BCUT2D eigenvalue weighted by Crippen LogP contribution is -2.37. The maximum Gasteiger partial charge on any atom is 0.472 e. The van der Waals surface area contributed by atoms with E-state index in [1.165, 1.54) is 57.8 Å². The highest BCUT2D eigenvalue weighted by Gasteiger charge is 2.27. The molecule has 342 valence electrons. The third-order valence-corrected chi connectivity index (χ3v) is 10.6. The number of nitrogens with zero attached hydrogens (tertiary/aromatic N) is 1. The Hall–Kier alpha value is -2.33. The molecule has 0 heterocycles. The molecule has 10 nitrogen and oxygen atoms in total. The van der Waals surface area contributed by atoms with Crippen LogP contribution in [0.4, 0.5) is 0 Å². The van der Waals surface area contributed by atoms with Gasteiger partial charge in [0.05, 0.1) is 33.9 Å². The molecule has 0 aromatic rings. The van der Waals surface area contributed by atoms with Gasteiger partial charge in [-0.25, -0.2) is 4.57 Å². The van der Waals surface area contributed by atoms with Crippen LogP contribution >= 0.6 is 7.82 Å². The largest absolute Gasteiger partial charge is 0.472 e. The van der Waals surface area contributed by atoms with Crippen LogP contribution in [0, 0.1) is 0 Å². The molecule has 2 unspecified atom stereocenters. The summed E-state index contributed by atoms with van der Waals surface area (Å²) in [5.74, 6) is -0.860. The molecule has 0 rings (SSSR count). The first-order valence-electron chi connectivity index (χ1n) is 23.1. The summed E-state index contributed by atoms with van der Waals surface area (Å²) < 4.78 is 34.3. The first-order chi connectivity index (χ1) is 28.4. The van der Waals surface area contributed by atoms with Crippen molar-refractivity contribution in [3.8, 4) is 0 Å². The third kappa shape index (κ3) is 43.6. The Bertz CT molecular complexity index is 1210. The second-order valence-electron chi connectivity index (χ2n) is 16.6. The Kier molecular flexibility index (Phi) is 38.2. The molecule has 0 aliphatic carbocycles. The van der Waals surface area contributed by atoms with E-state index in [9.17, 15) is 24.2 Å². The van der Waals surface area contributed by atoms with Crippen LogP contribution in [0.5, 0.6) is 0 Å². The summed E-state index contributed by atoms with van der Waals surface area (Å²) in [6.45, 7) is 4.13. The number of aliphatic hydroxyl groups excluding tert-OH is 1. The van der Waals surface area contributed by atoms with Gasteiger partial charge in [-0.05, 0) is 70.6 Å². The zero-order valence-corrected chi connectivity index (χ0v) is 39.0. The summed E-state index contributed by atoms with van der Waals surface area (Å²) in [4.78, 5) is 35.4. The lowest BCUT2D eigenvalue weighted by molar-refractivity contribution is -0.870. The molecule has 0 aliphatic rings. The zero-order chi connectivity index (χ0) is 43.7. The number of quaternary nitrogens is 1. The number of phosphoric acid groups is 1. The number of aliphatic hydroxyl groups is 1. The van der Waals surface area contributed by atoms with Gasteiger partial charge in [-0.3, -0.25) is 18.6 Å². The van der Waals surface area contributed by atoms with Gasteiger partial charge in [0.25, 0.3) is 0 Å². The Morgan fingerprint density at radius 2 is 1.17 bits per heavy atom. The van der Waals surface area contributed by atoms with E-state index >= 15 is 0 Å². The van der Waals surface area contributed by atoms with Gasteiger partial charge >= 0.3 is 19.8 Å². The fourth-order valence-electron chi connectivity index (χ4n) is 5.96. The number of ether oxygens (including phenoxy) is 2. The molecule has 0 aliphatic heterocycles. The quantitative estimate of drug-likeness (QED) is 0.0154. The predicted molar refractivity (Wildman–Crippen MR) is 244 cm³/mol. The van der Waals surface area contributed by atoms with Crippen molar-refractivity contribution in [1.82, 2.24) is 0 Å². The minimum Gasteiger partial charge on any atom is -0.462 e. The fourth-order valence-corrected chi connectivity index (χ4v) is 6.70. The van der Waals surface area contributed by atoms with Crippen molar-refractivity contribution < 1.29 is 47.2 Å². The minimum atomic E-state index is -4.40. The molecule has 2 N–H and O–H groups in total. The average molecular weight is 853 g/mol. The standard InChI is InChI=1S/C48H86NO9P/c1-6-8-10-11-12-13-14-15-16-17-18-19-20-21-22-25-29-32-36-40-48(52)58-46(44-57-59(53,54)56-42-41-49(3,4)5)43-55-47(51)39-35-31-28-26-23-24-27-30-34-38-45(50)37-33-9-7-2/h9,12-13,15-16,27,30,33-34,38,45-46,50H,6-8,10-11,14,17-26,28-29,31-32,35-37,39-44H2,1-5H3/p+1/b13-12-,16-15-,30-27+,33-9+,38-34+/t45?,46-/m1/s1. The number of hydrogen-bond acceptors (Lipinski definition) is 8. The molecule has 0 spiro atoms. The minimum absolute atomic E-state index is 0.0162. The predicted octanol–water partition coefficient (Wildman–Crippen LogP) is 12.2. The molecule has 0 amide bonds. The fraction of sp³-hybridized carbons (Fsp3) is 0.750. The molecule has 0 fully saturated rings. The summed E-state index contributed by atoms with van der Waals surface area (Å²) in [6.07, 6.45) is 44.5. The van der Waals surface area contributed by atoms with Gasteiger partial charge in [0.1, 0.15) is 19.8 Å². The second kappa shape index (κ2) is 39.8. The van der Waals surface area contributed by atoms with Crippen LogP contribution < -0.4 is 0 Å². The maximum absolute atomic E-state index is 12.7. The Labute approximate surface area is 360 Å². The average Bonchev–Trinajstić information content (AvgIpc) is 3.18. The van der Waals surface area contributed by atoms with Gasteiger partial charge in [0.15, 0.2) is 6.10 Å². The van der Waals surface area contributed by atoms with E-state index in [-0.39, 0.29) is 26.1 Å². The van der Waals surface area contributed by atoms with Crippen LogP contribution in [0.25, 0.3) is 0 Å². The van der Waals surface area contributed by atoms with E-state index < -0.39 is 38.6 Å². The van der Waals surface area contributed by atoms with Crippen molar-refractivity contribution in [2.45, 2.75) is 187 Å². The van der Waals surface area contributed by atoms with Crippen LogP contribution in [-0.4, -0.2) is 86.1 Å². The van der Waals surface area contributed by atoms with E-state index in [1.54, 1.807) is 6.08 Å². The molecule has 0 aromatic carbocycles. The van der Waals surface area contributed by atoms with E-state index in [2.05, 4.69) is 50.3 Å². The Morgan fingerprint density at radius 3 is 1.75 bits per heavy atom. The van der Waals surface area contributed by atoms with Crippen LogP contribution in [0.2, 0.25) is 0 Å². The highest BCUT2D eigenvalue weighted by molar-refractivity contribution is 7.47. The Morgan fingerprint density at radius 1 is 0.627 bits per heavy atom. The van der Waals surface area contributed by atoms with Gasteiger partial charge < -0.3 is 24.0 Å². The second-order valence-corrected chi connectivity index (χ2v) is 18.1. The lowest BCUT2D eigenvalue weighted by Gasteiger charge is -2.24. The molecule has 0 aromatic heterocycles. The summed E-state index contributed by atoms with van der Waals surface area (Å²) >= 11 is 0. The number of rotatable bonds is 41. The van der Waals surface area contributed by atoms with Crippen molar-refractivity contribution >= 4 is 19.8 Å². The van der Waals surface area contributed by atoms with Crippen molar-refractivity contribution in [1.29, 1.82) is 0 Å². The first-order valence-corrected chi connectivity index (χ1v) is 24.6. The number of carbonyl (C=O) groups excluding carboxylic acids is 2. The lowest BCUT2D eigenvalue weighted by atomic mass is 10.1. The van der Waals surface area contributed by atoms with Crippen LogP contribution in [0.3, 0.4) is 0 Å². The highest BCUT2D eigenvalue weighted by atomic mass is 31.2. The van der Waals surface area contributed by atoms with Gasteiger partial charge in [0, 0.05) is 12.8 Å². The topological polar surface area (TPSA) is 129 Å². The number of hydrogen-bond donors (Lipinski definition) is 2. The van der Waals surface area contributed by atoms with E-state index in [4.69, 9.17) is 18.5 Å². The smallest absolute Gasteiger partial charge is 0.462 e. The number of esters is 2. The van der Waals surface area contributed by atoms with Crippen molar-refractivity contribution in [3.63, 3.8) is 0 Å². The molecule has 0 saturated heterocycles. The van der Waals surface area contributed by atoms with Crippen molar-refractivity contribution in [2.24, 2.45) is 0 Å². The molecule has 0 radical (unpaired) electrons. The third-order valence-electron chi connectivity index (χ3n) is 9.61. The number of allylic oxidation sites excluding steroid dienone is 8. The SMILES string of the molecule is CC/C=C/CC(O)/C=C/C=C/CCCCCCCC(=O)OC[C@H](COP(=O)(O)OCC[N+](C)(C)C)OC(=O)CCCCCCCCCCC/C=C\C/C=C\CCCCC. The maximum atomic E-state index is 12.7. The number of likely N-dealkylation sites (N-methyl/N-ethyl adjacent to an activating group) is 1. The van der Waals surface area contributed by atoms with Gasteiger partial charge in [-0.2, -0.15) is 0 Å². The van der Waals surface area contributed by atoms with Crippen LogP contribution in [0.1, 0.15) is 174 Å². The molecule has 59 heavy (non-hydrogen) atoms. The molecule has 11 heteroatoms. The molecule has 3 atom stereocenters. The number of carbonyl (C=O) groups is 2. The molecular formula is C48H87NO9P+. The van der Waals surface area contributed by atoms with Crippen molar-refractivity contribution in [2.75, 3.05) is 47.5 Å². The van der Waals surface area contributed by atoms with E-state index in [1.807, 2.05) is 39.4 Å². The van der Waals surface area contributed by atoms with Crippen LogP contribution in [0.15, 0.2) is 60.8 Å². The van der Waals surface area contributed by atoms with E-state index in [0.717, 1.165) is 70.6 Å². The summed E-state index contributed by atoms with van der Waals surface area (Å²) in [6, 6.07) is 0. The van der Waals surface area contributed by atoms with Gasteiger partial charge in [0.2, 0.25) is 0 Å². The van der Waals surface area contributed by atoms with Gasteiger partial charge in [-0.15, -0.1) is 0 Å². The highest BCUT2D eigenvalue weighted by Crippen LogP contribution is 2.43. The zero-order valence-electron chi connectivity index (χ0n) is 38.1. The van der Waals surface area contributed by atoms with E-state index in [0.29, 0.717) is 30.3 Å². The number of phosphoric ester groups is 1. The van der Waals surface area contributed by atoms with Crippen molar-refractivity contribution in [3.05, 3.63) is 60.8 Å². The number of unbranched alkanes of at least 4 members (excludes halogenated alkanes) is 17. The Balaban J connectivity index is 4.39. The first kappa shape index (κ1) is 56.7. The normalized spacial score (nSPS) is 14.6. The summed E-state index contributed by atoms with van der Waals surface area (Å²) in [7, 11) is 1.42. The summed E-state index contributed by atoms with van der Waals surface area (Å²) in [5.41, 5.74) is 0. The molecule has 0 saturated carbocycles.